The smallest absolute Gasteiger partial charge is 0.252 e. The maximum atomic E-state index is 9.34. The Hall–Kier alpha value is -1.53. The van der Waals surface area contributed by atoms with Crippen LogP contribution in [0.5, 0.6) is 0 Å². The molecule has 2 aliphatic heterocycles. The van der Waals surface area contributed by atoms with Gasteiger partial charge in [0.05, 0.1) is 6.61 Å². The number of ether oxygens (including phenoxy) is 3. The lowest BCUT2D eigenvalue weighted by molar-refractivity contribution is -0.201. The zero-order valence-electron chi connectivity index (χ0n) is 10.6. The molecule has 2 saturated heterocycles. The highest BCUT2D eigenvalue weighted by molar-refractivity contribution is 5.06. The molecule has 3 rings (SSSR count). The normalized spacial score (nSPS) is 36.1. The Bertz CT molecular complexity index is 523. The number of nitriles is 1. The van der Waals surface area contributed by atoms with E-state index in [-0.39, 0.29) is 24.6 Å². The molecule has 0 bridgehead atoms. The van der Waals surface area contributed by atoms with Gasteiger partial charge in [-0.2, -0.15) is 5.26 Å². The van der Waals surface area contributed by atoms with Gasteiger partial charge in [0.25, 0.3) is 5.82 Å². The number of nitrogens with zero attached hydrogens (tertiary/aromatic N) is 4. The van der Waals surface area contributed by atoms with Crippen molar-refractivity contribution < 1.29 is 19.3 Å². The van der Waals surface area contributed by atoms with E-state index in [4.69, 9.17) is 19.5 Å². The van der Waals surface area contributed by atoms with Crippen molar-refractivity contribution in [2.24, 2.45) is 0 Å². The van der Waals surface area contributed by atoms with Crippen LogP contribution < -0.4 is 0 Å². The Kier molecular flexibility index (Phi) is 2.79. The van der Waals surface area contributed by atoms with Gasteiger partial charge >= 0.3 is 0 Å². The second-order valence-corrected chi connectivity index (χ2v) is 4.97. The first-order chi connectivity index (χ1) is 9.04. The summed E-state index contributed by atoms with van der Waals surface area (Å²) in [5.74, 6) is -0.672. The lowest BCUT2D eigenvalue weighted by atomic mass is 10.1. The maximum Gasteiger partial charge on any atom is 0.252 e. The predicted molar refractivity (Wildman–Crippen MR) is 59.6 cm³/mol. The maximum absolute atomic E-state index is 9.34. The molecular formula is C11H14N4O4. The highest BCUT2D eigenvalue weighted by Gasteiger charge is 2.56. The topological polar surface area (TPSA) is 102 Å². The average Bonchev–Trinajstić information content (AvgIpc) is 3.01. The Labute approximate surface area is 109 Å². The molecular weight excluding hydrogens is 252 g/mol. The number of aromatic nitrogens is 3. The third kappa shape index (κ3) is 2.01. The summed E-state index contributed by atoms with van der Waals surface area (Å²) in [5, 5.41) is 22.1. The average molecular weight is 266 g/mol. The zero-order valence-corrected chi connectivity index (χ0v) is 10.6. The second kappa shape index (κ2) is 4.25. The number of hydrogen-bond acceptors (Lipinski definition) is 7. The lowest BCUT2D eigenvalue weighted by Crippen LogP contribution is -2.31. The van der Waals surface area contributed by atoms with Gasteiger partial charge in [0.2, 0.25) is 0 Å². The van der Waals surface area contributed by atoms with Crippen molar-refractivity contribution in [3.63, 3.8) is 0 Å². The molecule has 1 aromatic rings. The van der Waals surface area contributed by atoms with Crippen molar-refractivity contribution in [3.8, 4) is 6.07 Å². The number of rotatable bonds is 2. The minimum absolute atomic E-state index is 0.0609. The highest BCUT2D eigenvalue weighted by atomic mass is 16.8. The van der Waals surface area contributed by atoms with E-state index < -0.39 is 18.1 Å². The van der Waals surface area contributed by atoms with Crippen LogP contribution in [-0.2, 0) is 14.2 Å². The molecule has 0 amide bonds. The van der Waals surface area contributed by atoms with Crippen LogP contribution in [0.25, 0.3) is 0 Å². The van der Waals surface area contributed by atoms with Crippen LogP contribution in [0.2, 0.25) is 0 Å². The van der Waals surface area contributed by atoms with E-state index in [1.165, 1.54) is 11.0 Å². The van der Waals surface area contributed by atoms with Gasteiger partial charge in [0.1, 0.15) is 30.7 Å². The van der Waals surface area contributed by atoms with Gasteiger partial charge in [-0.15, -0.1) is 5.10 Å². The van der Waals surface area contributed by atoms with E-state index in [2.05, 4.69) is 10.1 Å². The molecule has 4 atom stereocenters. The first-order valence-electron chi connectivity index (χ1n) is 5.97. The standard InChI is InChI=1S/C11H14N4O4/c1-11(2)18-8-6(4-16)17-10(9(8)19-11)15-5-13-7(3-12)14-15/h5-6,8-10,16H,4H2,1-2H3/t6-,8-,9-,10-/m1/s1. The van der Waals surface area contributed by atoms with Crippen molar-refractivity contribution in [1.82, 2.24) is 14.8 Å². The molecule has 0 saturated carbocycles. The Morgan fingerprint density at radius 2 is 2.21 bits per heavy atom. The van der Waals surface area contributed by atoms with Gasteiger partial charge in [0, 0.05) is 0 Å². The Morgan fingerprint density at radius 3 is 2.84 bits per heavy atom. The van der Waals surface area contributed by atoms with E-state index in [1.807, 2.05) is 6.07 Å². The summed E-state index contributed by atoms with van der Waals surface area (Å²) in [6.45, 7) is 3.44. The number of hydrogen-bond donors (Lipinski definition) is 1. The van der Waals surface area contributed by atoms with Gasteiger partial charge in [-0.05, 0) is 13.8 Å². The number of fused-ring (bicyclic) bond motifs is 1. The molecule has 8 heteroatoms. The van der Waals surface area contributed by atoms with Crippen LogP contribution in [0.1, 0.15) is 25.9 Å². The largest absolute Gasteiger partial charge is 0.394 e. The van der Waals surface area contributed by atoms with Crippen LogP contribution in [-0.4, -0.2) is 50.6 Å². The fourth-order valence-corrected chi connectivity index (χ4v) is 2.47. The molecule has 2 aliphatic rings. The summed E-state index contributed by atoms with van der Waals surface area (Å²) in [6, 6.07) is 1.85. The van der Waals surface area contributed by atoms with Gasteiger partial charge < -0.3 is 19.3 Å². The molecule has 0 aliphatic carbocycles. The minimum Gasteiger partial charge on any atom is -0.394 e. The summed E-state index contributed by atoms with van der Waals surface area (Å²) in [4.78, 5) is 3.83. The van der Waals surface area contributed by atoms with Crippen molar-refractivity contribution >= 4 is 0 Å². The zero-order chi connectivity index (χ0) is 13.6. The molecule has 19 heavy (non-hydrogen) atoms. The molecule has 2 fully saturated rings. The summed E-state index contributed by atoms with van der Waals surface area (Å²) < 4.78 is 18.6. The van der Waals surface area contributed by atoms with E-state index in [0.29, 0.717) is 0 Å². The lowest BCUT2D eigenvalue weighted by Gasteiger charge is -2.23. The van der Waals surface area contributed by atoms with E-state index in [1.54, 1.807) is 13.8 Å². The van der Waals surface area contributed by atoms with Crippen LogP contribution in [0.4, 0.5) is 0 Å². The molecule has 0 spiro atoms. The van der Waals surface area contributed by atoms with E-state index in [9.17, 15) is 5.11 Å². The van der Waals surface area contributed by atoms with E-state index >= 15 is 0 Å². The third-order valence-electron chi connectivity index (χ3n) is 3.17. The first-order valence-corrected chi connectivity index (χ1v) is 5.97. The predicted octanol–water partition coefficient (Wildman–Crippen LogP) is -0.440. The van der Waals surface area contributed by atoms with Crippen LogP contribution in [0.3, 0.4) is 0 Å². The van der Waals surface area contributed by atoms with Crippen molar-refractivity contribution in [3.05, 3.63) is 12.2 Å². The summed E-state index contributed by atoms with van der Waals surface area (Å²) in [6.07, 6.45) is -0.375. The van der Waals surface area contributed by atoms with Crippen molar-refractivity contribution in [2.45, 2.75) is 44.2 Å². The van der Waals surface area contributed by atoms with Crippen LogP contribution in [0.15, 0.2) is 6.33 Å². The van der Waals surface area contributed by atoms with Crippen molar-refractivity contribution in [1.29, 1.82) is 5.26 Å². The Balaban J connectivity index is 1.88. The molecule has 0 aromatic carbocycles. The quantitative estimate of drug-likeness (QED) is 0.774. The first kappa shape index (κ1) is 12.5. The molecule has 1 aromatic heterocycles. The molecule has 0 radical (unpaired) electrons. The fraction of sp³-hybridized carbons (Fsp3) is 0.727. The van der Waals surface area contributed by atoms with Crippen LogP contribution in [0, 0.1) is 11.3 Å². The fourth-order valence-electron chi connectivity index (χ4n) is 2.47. The summed E-state index contributed by atoms with van der Waals surface area (Å²) in [7, 11) is 0. The molecule has 8 nitrogen and oxygen atoms in total. The van der Waals surface area contributed by atoms with Gasteiger partial charge in [-0.1, -0.05) is 0 Å². The minimum atomic E-state index is -0.733. The number of aliphatic hydroxyl groups is 1. The molecule has 102 valence electrons. The van der Waals surface area contributed by atoms with E-state index in [0.717, 1.165) is 0 Å². The summed E-state index contributed by atoms with van der Waals surface area (Å²) in [5.41, 5.74) is 0. The van der Waals surface area contributed by atoms with Crippen molar-refractivity contribution in [2.75, 3.05) is 6.61 Å². The highest BCUT2D eigenvalue weighted by Crippen LogP contribution is 2.42. The third-order valence-corrected chi connectivity index (χ3v) is 3.17. The van der Waals surface area contributed by atoms with Gasteiger partial charge in [0.15, 0.2) is 12.0 Å². The SMILES string of the molecule is CC1(C)O[C@@H]2[C@H](O1)[C@@H](CO)O[C@H]2n1cnc(C#N)n1. The Morgan fingerprint density at radius 1 is 1.47 bits per heavy atom. The van der Waals surface area contributed by atoms with Crippen LogP contribution >= 0.6 is 0 Å². The second-order valence-electron chi connectivity index (χ2n) is 4.97. The molecule has 1 N–H and O–H groups in total. The van der Waals surface area contributed by atoms with Gasteiger partial charge in [-0.3, -0.25) is 0 Å². The summed E-state index contributed by atoms with van der Waals surface area (Å²) >= 11 is 0. The number of aliphatic hydroxyl groups excluding tert-OH is 1. The molecule has 0 unspecified atom stereocenters. The van der Waals surface area contributed by atoms with Gasteiger partial charge in [-0.25, -0.2) is 9.67 Å². The monoisotopic (exact) mass is 266 g/mol. The molecule has 3 heterocycles.